The van der Waals surface area contributed by atoms with Crippen LogP contribution < -0.4 is 16.8 Å². The molecule has 5 N–H and O–H groups in total. The smallest absolute Gasteiger partial charge is 0.248 e. The minimum Gasteiger partial charge on any atom is -0.397 e. The van der Waals surface area contributed by atoms with Crippen molar-refractivity contribution in [1.29, 1.82) is 0 Å². The van der Waals surface area contributed by atoms with Crippen molar-refractivity contribution in [2.45, 2.75) is 26.2 Å². The van der Waals surface area contributed by atoms with E-state index in [1.807, 2.05) is 18.2 Å². The van der Waals surface area contributed by atoms with Crippen molar-refractivity contribution in [3.8, 4) is 0 Å². The topological polar surface area (TPSA) is 81.1 Å². The van der Waals surface area contributed by atoms with E-state index in [2.05, 4.69) is 32.2 Å². The number of para-hydroxylation sites is 1. The lowest BCUT2D eigenvalue weighted by Crippen LogP contribution is -2.14. The van der Waals surface area contributed by atoms with Gasteiger partial charge in [0, 0.05) is 11.3 Å². The number of amides is 1. The second-order valence-electron chi connectivity index (χ2n) is 6.09. The van der Waals surface area contributed by atoms with Crippen LogP contribution in [0.5, 0.6) is 0 Å². The van der Waals surface area contributed by atoms with Gasteiger partial charge in [0.2, 0.25) is 5.91 Å². The van der Waals surface area contributed by atoms with Gasteiger partial charge in [-0.15, -0.1) is 0 Å². The molecule has 21 heavy (non-hydrogen) atoms. The number of primary amides is 1. The average molecular weight is 283 g/mol. The average Bonchev–Trinajstić information content (AvgIpc) is 2.40. The van der Waals surface area contributed by atoms with Crippen molar-refractivity contribution in [3.63, 3.8) is 0 Å². The molecular weight excluding hydrogens is 262 g/mol. The zero-order valence-corrected chi connectivity index (χ0v) is 12.6. The highest BCUT2D eigenvalue weighted by molar-refractivity contribution is 5.95. The first kappa shape index (κ1) is 14.9. The predicted molar refractivity (Wildman–Crippen MR) is 87.8 cm³/mol. The van der Waals surface area contributed by atoms with Crippen LogP contribution in [0.4, 0.5) is 17.1 Å². The largest absolute Gasteiger partial charge is 0.397 e. The summed E-state index contributed by atoms with van der Waals surface area (Å²) in [6.45, 7) is 6.45. The second kappa shape index (κ2) is 5.48. The van der Waals surface area contributed by atoms with E-state index in [0.29, 0.717) is 16.9 Å². The van der Waals surface area contributed by atoms with Crippen LogP contribution in [0.1, 0.15) is 36.7 Å². The van der Waals surface area contributed by atoms with Gasteiger partial charge in [-0.3, -0.25) is 4.79 Å². The van der Waals surface area contributed by atoms with Crippen LogP contribution >= 0.6 is 0 Å². The first-order chi connectivity index (χ1) is 9.79. The molecule has 4 heteroatoms. The highest BCUT2D eigenvalue weighted by atomic mass is 16.1. The van der Waals surface area contributed by atoms with Gasteiger partial charge in [0.05, 0.1) is 11.4 Å². The number of nitrogens with two attached hydrogens (primary N) is 2. The lowest BCUT2D eigenvalue weighted by molar-refractivity contribution is 0.100. The van der Waals surface area contributed by atoms with Crippen molar-refractivity contribution in [2.75, 3.05) is 11.1 Å². The molecule has 0 radical (unpaired) electrons. The van der Waals surface area contributed by atoms with Gasteiger partial charge in [-0.2, -0.15) is 0 Å². The van der Waals surface area contributed by atoms with Gasteiger partial charge in [-0.05, 0) is 35.2 Å². The monoisotopic (exact) mass is 283 g/mol. The van der Waals surface area contributed by atoms with Crippen molar-refractivity contribution >= 4 is 23.0 Å². The second-order valence-corrected chi connectivity index (χ2v) is 6.09. The Kier molecular flexibility index (Phi) is 3.89. The Bertz CT molecular complexity index is 672. The van der Waals surface area contributed by atoms with Crippen molar-refractivity contribution in [1.82, 2.24) is 0 Å². The molecule has 1 amide bonds. The molecule has 0 aliphatic carbocycles. The normalized spacial score (nSPS) is 11.2. The fourth-order valence-electron chi connectivity index (χ4n) is 2.21. The van der Waals surface area contributed by atoms with Crippen molar-refractivity contribution in [3.05, 3.63) is 53.6 Å². The van der Waals surface area contributed by atoms with Crippen LogP contribution in [0.15, 0.2) is 42.5 Å². The van der Waals surface area contributed by atoms with E-state index < -0.39 is 5.91 Å². The number of carbonyl (C=O) groups excluding carboxylic acids is 1. The Labute approximate surface area is 125 Å². The van der Waals surface area contributed by atoms with Crippen LogP contribution in [0, 0.1) is 0 Å². The molecule has 2 aromatic carbocycles. The molecule has 0 heterocycles. The van der Waals surface area contributed by atoms with Crippen LogP contribution in [0.2, 0.25) is 0 Å². The van der Waals surface area contributed by atoms with Gasteiger partial charge in [0.1, 0.15) is 0 Å². The number of hydrogen-bond donors (Lipinski definition) is 3. The summed E-state index contributed by atoms with van der Waals surface area (Å²) >= 11 is 0. The molecule has 0 unspecified atom stereocenters. The standard InChI is InChI=1S/C17H21N3O/c1-17(2,3)12-6-4-5-7-14(12)20-15-10-11(16(19)21)8-9-13(15)18/h4-10,20H,18H2,1-3H3,(H2,19,21). The van der Waals surface area contributed by atoms with Gasteiger partial charge in [0.25, 0.3) is 0 Å². The molecule has 0 saturated carbocycles. The molecule has 110 valence electrons. The summed E-state index contributed by atoms with van der Waals surface area (Å²) in [5.74, 6) is -0.470. The molecule has 0 spiro atoms. The summed E-state index contributed by atoms with van der Waals surface area (Å²) in [6, 6.07) is 13.0. The molecule has 0 atom stereocenters. The van der Waals surface area contributed by atoms with Gasteiger partial charge in [0.15, 0.2) is 0 Å². The lowest BCUT2D eigenvalue weighted by Gasteiger charge is -2.24. The minimum atomic E-state index is -0.470. The summed E-state index contributed by atoms with van der Waals surface area (Å²) in [4.78, 5) is 11.3. The first-order valence-corrected chi connectivity index (χ1v) is 6.85. The third-order valence-corrected chi connectivity index (χ3v) is 3.34. The number of anilines is 3. The third kappa shape index (κ3) is 3.34. The predicted octanol–water partition coefficient (Wildman–Crippen LogP) is 3.41. The molecule has 4 nitrogen and oxygen atoms in total. The number of carbonyl (C=O) groups is 1. The molecule has 0 aromatic heterocycles. The summed E-state index contributed by atoms with van der Waals surface area (Å²) < 4.78 is 0. The molecular formula is C17H21N3O. The minimum absolute atomic E-state index is 0.000345. The Morgan fingerprint density at radius 2 is 1.71 bits per heavy atom. The highest BCUT2D eigenvalue weighted by Crippen LogP contribution is 2.33. The van der Waals surface area contributed by atoms with Crippen molar-refractivity contribution < 1.29 is 4.79 Å². The summed E-state index contributed by atoms with van der Waals surface area (Å²) in [5.41, 5.74) is 15.1. The van der Waals surface area contributed by atoms with E-state index in [1.54, 1.807) is 18.2 Å². The maximum atomic E-state index is 11.3. The van der Waals surface area contributed by atoms with E-state index in [-0.39, 0.29) is 5.41 Å². The van der Waals surface area contributed by atoms with Crippen LogP contribution in [0.25, 0.3) is 0 Å². The number of benzene rings is 2. The molecule has 0 saturated heterocycles. The number of rotatable bonds is 3. The molecule has 0 aliphatic heterocycles. The number of nitrogens with one attached hydrogen (secondary N) is 1. The molecule has 0 aliphatic rings. The van der Waals surface area contributed by atoms with Gasteiger partial charge < -0.3 is 16.8 Å². The quantitative estimate of drug-likeness (QED) is 0.755. The fraction of sp³-hybridized carbons (Fsp3) is 0.235. The Balaban J connectivity index is 2.44. The molecule has 2 rings (SSSR count). The van der Waals surface area contributed by atoms with Crippen LogP contribution in [0.3, 0.4) is 0 Å². The zero-order chi connectivity index (χ0) is 15.6. The van der Waals surface area contributed by atoms with Crippen LogP contribution in [-0.2, 0) is 5.41 Å². The number of nitrogen functional groups attached to an aromatic ring is 1. The highest BCUT2D eigenvalue weighted by Gasteiger charge is 2.18. The first-order valence-electron chi connectivity index (χ1n) is 6.85. The number of hydrogen-bond acceptors (Lipinski definition) is 3. The fourth-order valence-corrected chi connectivity index (χ4v) is 2.21. The van der Waals surface area contributed by atoms with E-state index >= 15 is 0 Å². The lowest BCUT2D eigenvalue weighted by atomic mass is 9.86. The third-order valence-electron chi connectivity index (χ3n) is 3.34. The SMILES string of the molecule is CC(C)(C)c1ccccc1Nc1cc(C(N)=O)ccc1N. The Hall–Kier alpha value is -2.49. The maximum absolute atomic E-state index is 11.3. The molecule has 0 bridgehead atoms. The van der Waals surface area contributed by atoms with Crippen LogP contribution in [-0.4, -0.2) is 5.91 Å². The summed E-state index contributed by atoms with van der Waals surface area (Å²) in [6.07, 6.45) is 0. The van der Waals surface area contributed by atoms with Gasteiger partial charge >= 0.3 is 0 Å². The van der Waals surface area contributed by atoms with E-state index in [4.69, 9.17) is 11.5 Å². The maximum Gasteiger partial charge on any atom is 0.248 e. The van der Waals surface area contributed by atoms with E-state index in [9.17, 15) is 4.79 Å². The molecule has 0 fully saturated rings. The zero-order valence-electron chi connectivity index (χ0n) is 12.6. The van der Waals surface area contributed by atoms with E-state index in [1.165, 1.54) is 5.56 Å². The summed E-state index contributed by atoms with van der Waals surface area (Å²) in [7, 11) is 0. The van der Waals surface area contributed by atoms with Gasteiger partial charge in [-0.1, -0.05) is 39.0 Å². The molecule has 2 aromatic rings. The Morgan fingerprint density at radius 1 is 1.05 bits per heavy atom. The van der Waals surface area contributed by atoms with Crippen molar-refractivity contribution in [2.24, 2.45) is 5.73 Å². The Morgan fingerprint density at radius 3 is 2.33 bits per heavy atom. The van der Waals surface area contributed by atoms with Gasteiger partial charge in [-0.25, -0.2) is 0 Å². The summed E-state index contributed by atoms with van der Waals surface area (Å²) in [5, 5.41) is 3.31. The van der Waals surface area contributed by atoms with E-state index in [0.717, 1.165) is 5.69 Å².